The molecule has 1 aliphatic rings. The normalized spacial score (nSPS) is 16.9. The van der Waals surface area contributed by atoms with E-state index in [1.165, 1.54) is 60.2 Å². The van der Waals surface area contributed by atoms with E-state index in [0.29, 0.717) is 0 Å². The number of benzene rings is 1. The van der Waals surface area contributed by atoms with Gasteiger partial charge < -0.3 is 15.2 Å². The van der Waals surface area contributed by atoms with E-state index in [-0.39, 0.29) is 0 Å². The van der Waals surface area contributed by atoms with Gasteiger partial charge in [-0.2, -0.15) is 0 Å². The van der Waals surface area contributed by atoms with Crippen LogP contribution in [0.1, 0.15) is 23.2 Å². The molecule has 108 valence electrons. The number of fused-ring (bicyclic) bond motifs is 1. The standard InChI is InChI=1S/C17H25N3/c1-13-5-3-6-16-15(14(2)19-17(13)16)7-4-10-20-11-8-18-9-12-20/h3,5-6,18-19H,4,7-12H2,1-2H3. The first-order valence-electron chi connectivity index (χ1n) is 7.75. The highest BCUT2D eigenvalue weighted by Gasteiger charge is 2.12. The average molecular weight is 271 g/mol. The van der Waals surface area contributed by atoms with Gasteiger partial charge in [0.25, 0.3) is 0 Å². The third-order valence-corrected chi connectivity index (χ3v) is 4.47. The fourth-order valence-electron chi connectivity index (χ4n) is 3.29. The molecular weight excluding hydrogens is 246 g/mol. The highest BCUT2D eigenvalue weighted by molar-refractivity contribution is 5.87. The third-order valence-electron chi connectivity index (χ3n) is 4.47. The van der Waals surface area contributed by atoms with Gasteiger partial charge in [-0.15, -0.1) is 0 Å². The number of piperazine rings is 1. The summed E-state index contributed by atoms with van der Waals surface area (Å²) >= 11 is 0. The molecule has 0 saturated carbocycles. The van der Waals surface area contributed by atoms with E-state index < -0.39 is 0 Å². The molecule has 1 aromatic heterocycles. The number of aromatic nitrogens is 1. The molecule has 0 amide bonds. The van der Waals surface area contributed by atoms with Gasteiger partial charge in [-0.1, -0.05) is 18.2 Å². The number of hydrogen-bond acceptors (Lipinski definition) is 2. The number of hydrogen-bond donors (Lipinski definition) is 2. The molecule has 1 saturated heterocycles. The molecule has 0 spiro atoms. The van der Waals surface area contributed by atoms with Gasteiger partial charge in [0.2, 0.25) is 0 Å². The van der Waals surface area contributed by atoms with Crippen LogP contribution in [0.5, 0.6) is 0 Å². The molecule has 1 aromatic carbocycles. The number of aromatic amines is 1. The molecular formula is C17H25N3. The molecule has 3 rings (SSSR count). The molecule has 1 fully saturated rings. The third kappa shape index (κ3) is 2.74. The van der Waals surface area contributed by atoms with Crippen LogP contribution in [0.15, 0.2) is 18.2 Å². The maximum atomic E-state index is 3.56. The second-order valence-electron chi connectivity index (χ2n) is 5.92. The predicted octanol–water partition coefficient (Wildman–Crippen LogP) is 2.62. The second kappa shape index (κ2) is 5.98. The Kier molecular flexibility index (Phi) is 4.08. The lowest BCUT2D eigenvalue weighted by atomic mass is 10.0. The van der Waals surface area contributed by atoms with E-state index in [1.807, 2.05) is 0 Å². The maximum absolute atomic E-state index is 3.56. The summed E-state index contributed by atoms with van der Waals surface area (Å²) in [5.74, 6) is 0. The zero-order valence-corrected chi connectivity index (χ0v) is 12.6. The van der Waals surface area contributed by atoms with Crippen molar-refractivity contribution >= 4 is 10.9 Å². The van der Waals surface area contributed by atoms with Gasteiger partial charge in [-0.05, 0) is 44.4 Å². The highest BCUT2D eigenvalue weighted by atomic mass is 15.2. The van der Waals surface area contributed by atoms with Crippen molar-refractivity contribution in [2.45, 2.75) is 26.7 Å². The monoisotopic (exact) mass is 271 g/mol. The lowest BCUT2D eigenvalue weighted by Crippen LogP contribution is -2.43. The minimum absolute atomic E-state index is 1.14. The summed E-state index contributed by atoms with van der Waals surface area (Å²) < 4.78 is 0. The molecule has 20 heavy (non-hydrogen) atoms. The van der Waals surface area contributed by atoms with Gasteiger partial charge in [-0.25, -0.2) is 0 Å². The van der Waals surface area contributed by atoms with Crippen molar-refractivity contribution < 1.29 is 0 Å². The van der Waals surface area contributed by atoms with Crippen LogP contribution in [-0.2, 0) is 6.42 Å². The van der Waals surface area contributed by atoms with Gasteiger partial charge in [0.05, 0.1) is 0 Å². The molecule has 2 N–H and O–H groups in total. The Morgan fingerprint density at radius 1 is 1.15 bits per heavy atom. The van der Waals surface area contributed by atoms with E-state index in [1.54, 1.807) is 0 Å². The van der Waals surface area contributed by atoms with E-state index in [4.69, 9.17) is 0 Å². The van der Waals surface area contributed by atoms with Crippen LogP contribution in [0.3, 0.4) is 0 Å². The molecule has 0 bridgehead atoms. The number of rotatable bonds is 4. The summed E-state index contributed by atoms with van der Waals surface area (Å²) in [5.41, 5.74) is 5.52. The van der Waals surface area contributed by atoms with Crippen LogP contribution in [-0.4, -0.2) is 42.6 Å². The molecule has 3 heteroatoms. The Balaban J connectivity index is 1.68. The maximum Gasteiger partial charge on any atom is 0.0488 e. The first-order valence-corrected chi connectivity index (χ1v) is 7.75. The SMILES string of the molecule is Cc1[nH]c2c(C)cccc2c1CCCN1CCNCC1. The van der Waals surface area contributed by atoms with E-state index in [0.717, 1.165) is 13.1 Å². The van der Waals surface area contributed by atoms with Crippen molar-refractivity contribution in [3.63, 3.8) is 0 Å². The summed E-state index contributed by atoms with van der Waals surface area (Å²) in [6.07, 6.45) is 2.43. The van der Waals surface area contributed by atoms with E-state index >= 15 is 0 Å². The van der Waals surface area contributed by atoms with Crippen molar-refractivity contribution in [2.75, 3.05) is 32.7 Å². The zero-order valence-electron chi connectivity index (χ0n) is 12.6. The smallest absolute Gasteiger partial charge is 0.0488 e. The van der Waals surface area contributed by atoms with Crippen LogP contribution in [0.4, 0.5) is 0 Å². The molecule has 0 aliphatic carbocycles. The van der Waals surface area contributed by atoms with Gasteiger partial charge in [0.15, 0.2) is 0 Å². The Morgan fingerprint density at radius 2 is 1.95 bits per heavy atom. The largest absolute Gasteiger partial charge is 0.358 e. The fourth-order valence-corrected chi connectivity index (χ4v) is 3.29. The number of H-pyrrole nitrogens is 1. The first kappa shape index (κ1) is 13.7. The second-order valence-corrected chi connectivity index (χ2v) is 5.92. The van der Waals surface area contributed by atoms with Crippen LogP contribution in [0.25, 0.3) is 10.9 Å². The molecule has 2 heterocycles. The summed E-state index contributed by atoms with van der Waals surface area (Å²) in [6.45, 7) is 10.3. The van der Waals surface area contributed by atoms with Gasteiger partial charge in [-0.3, -0.25) is 0 Å². The van der Waals surface area contributed by atoms with Crippen molar-refractivity contribution in [1.82, 2.24) is 15.2 Å². The van der Waals surface area contributed by atoms with Crippen LogP contribution in [0.2, 0.25) is 0 Å². The summed E-state index contributed by atoms with van der Waals surface area (Å²) in [5, 5.41) is 4.83. The van der Waals surface area contributed by atoms with Crippen LogP contribution >= 0.6 is 0 Å². The van der Waals surface area contributed by atoms with Gasteiger partial charge in [0.1, 0.15) is 0 Å². The average Bonchev–Trinajstić information content (AvgIpc) is 2.78. The molecule has 0 radical (unpaired) electrons. The summed E-state index contributed by atoms with van der Waals surface area (Å²) in [6, 6.07) is 6.61. The van der Waals surface area contributed by atoms with E-state index in [9.17, 15) is 0 Å². The summed E-state index contributed by atoms with van der Waals surface area (Å²) in [7, 11) is 0. The predicted molar refractivity (Wildman–Crippen MR) is 85.4 cm³/mol. The van der Waals surface area contributed by atoms with Crippen LogP contribution in [0, 0.1) is 13.8 Å². The lowest BCUT2D eigenvalue weighted by Gasteiger charge is -2.27. The van der Waals surface area contributed by atoms with Gasteiger partial charge in [0, 0.05) is 42.8 Å². The highest BCUT2D eigenvalue weighted by Crippen LogP contribution is 2.25. The van der Waals surface area contributed by atoms with Gasteiger partial charge >= 0.3 is 0 Å². The molecule has 2 aromatic rings. The minimum atomic E-state index is 1.14. The van der Waals surface area contributed by atoms with E-state index in [2.05, 4.69) is 47.2 Å². The van der Waals surface area contributed by atoms with Crippen molar-refractivity contribution in [3.05, 3.63) is 35.0 Å². The Hall–Kier alpha value is -1.32. The molecule has 1 aliphatic heterocycles. The lowest BCUT2D eigenvalue weighted by molar-refractivity contribution is 0.238. The molecule has 0 unspecified atom stereocenters. The fraction of sp³-hybridized carbons (Fsp3) is 0.529. The molecule has 3 nitrogen and oxygen atoms in total. The number of nitrogens with zero attached hydrogens (tertiary/aromatic N) is 1. The quantitative estimate of drug-likeness (QED) is 0.895. The number of para-hydroxylation sites is 1. The van der Waals surface area contributed by atoms with Crippen molar-refractivity contribution in [3.8, 4) is 0 Å². The Bertz CT molecular complexity index is 579. The minimum Gasteiger partial charge on any atom is -0.358 e. The Labute approximate surface area is 121 Å². The number of aryl methyl sites for hydroxylation is 3. The van der Waals surface area contributed by atoms with Crippen molar-refractivity contribution in [2.24, 2.45) is 0 Å². The summed E-state index contributed by atoms with van der Waals surface area (Å²) in [4.78, 5) is 6.14. The topological polar surface area (TPSA) is 31.1 Å². The zero-order chi connectivity index (χ0) is 13.9. The first-order chi connectivity index (χ1) is 9.75. The Morgan fingerprint density at radius 3 is 2.75 bits per heavy atom. The van der Waals surface area contributed by atoms with Crippen LogP contribution < -0.4 is 5.32 Å². The number of nitrogens with one attached hydrogen (secondary N) is 2. The van der Waals surface area contributed by atoms with Crippen molar-refractivity contribution in [1.29, 1.82) is 0 Å². The molecule has 0 atom stereocenters.